The highest BCUT2D eigenvalue weighted by atomic mass is 16.1. The smallest absolute Gasteiger partial charge is 0.181 e. The average molecular weight is 221 g/mol. The molecule has 0 atom stereocenters. The molecule has 0 aliphatic heterocycles. The largest absolute Gasteiger partial charge is 0.351 e. The molecule has 0 bridgehead atoms. The van der Waals surface area contributed by atoms with Gasteiger partial charge in [-0.3, -0.25) is 4.79 Å². The first-order valence-electron chi connectivity index (χ1n) is 6.41. The summed E-state index contributed by atoms with van der Waals surface area (Å²) in [4.78, 5) is 11.1. The second-order valence-corrected chi connectivity index (χ2v) is 4.46. The Labute approximate surface area is 98.3 Å². The van der Waals surface area contributed by atoms with E-state index in [1.54, 1.807) is 12.1 Å². The lowest BCUT2D eigenvalue weighted by Crippen LogP contribution is -2.08. The van der Waals surface area contributed by atoms with E-state index >= 15 is 0 Å². The quantitative estimate of drug-likeness (QED) is 0.646. The van der Waals surface area contributed by atoms with E-state index in [1.807, 2.05) is 13.1 Å². The fraction of sp³-hybridized carbons (Fsp3) is 0.643. The van der Waals surface area contributed by atoms with Crippen LogP contribution in [0.2, 0.25) is 0 Å². The minimum Gasteiger partial charge on any atom is -0.351 e. The van der Waals surface area contributed by atoms with Gasteiger partial charge in [0.1, 0.15) is 0 Å². The number of nitrogens with zero attached hydrogens (tertiary/aromatic N) is 1. The van der Waals surface area contributed by atoms with Crippen LogP contribution in [0.1, 0.15) is 51.1 Å². The van der Waals surface area contributed by atoms with Crippen LogP contribution in [0.4, 0.5) is 0 Å². The fourth-order valence-corrected chi connectivity index (χ4v) is 1.93. The number of pyridine rings is 1. The summed E-state index contributed by atoms with van der Waals surface area (Å²) in [5, 5.41) is 0. The molecule has 2 nitrogen and oxygen atoms in total. The Kier molecular flexibility index (Phi) is 5.91. The molecule has 0 saturated heterocycles. The number of aryl methyl sites for hydroxylation is 2. The lowest BCUT2D eigenvalue weighted by molar-refractivity contribution is 0.550. The zero-order valence-electron chi connectivity index (χ0n) is 10.5. The van der Waals surface area contributed by atoms with Gasteiger partial charge < -0.3 is 4.57 Å². The molecule has 16 heavy (non-hydrogen) atoms. The second kappa shape index (κ2) is 7.26. The highest BCUT2D eigenvalue weighted by molar-refractivity contribution is 5.04. The monoisotopic (exact) mass is 221 g/mol. The third-order valence-electron chi connectivity index (χ3n) is 2.98. The Hall–Kier alpha value is -1.05. The maximum Gasteiger partial charge on any atom is 0.181 e. The van der Waals surface area contributed by atoms with Crippen molar-refractivity contribution in [2.45, 2.75) is 58.9 Å². The van der Waals surface area contributed by atoms with Crippen LogP contribution in [0.25, 0.3) is 0 Å². The van der Waals surface area contributed by atoms with E-state index in [0.717, 1.165) is 12.2 Å². The number of aromatic nitrogens is 1. The van der Waals surface area contributed by atoms with Crippen LogP contribution in [0, 0.1) is 6.92 Å². The molecule has 0 aliphatic carbocycles. The van der Waals surface area contributed by atoms with Crippen molar-refractivity contribution in [3.05, 3.63) is 34.2 Å². The van der Waals surface area contributed by atoms with Crippen LogP contribution < -0.4 is 5.43 Å². The molecule has 0 radical (unpaired) electrons. The van der Waals surface area contributed by atoms with Crippen molar-refractivity contribution in [2.24, 2.45) is 0 Å². The van der Waals surface area contributed by atoms with Gasteiger partial charge in [0.25, 0.3) is 0 Å². The van der Waals surface area contributed by atoms with Gasteiger partial charge in [0.2, 0.25) is 0 Å². The second-order valence-electron chi connectivity index (χ2n) is 4.46. The fourth-order valence-electron chi connectivity index (χ4n) is 1.93. The molecule has 0 aromatic carbocycles. The third kappa shape index (κ3) is 4.65. The topological polar surface area (TPSA) is 22.0 Å². The summed E-state index contributed by atoms with van der Waals surface area (Å²) in [5.74, 6) is 0. The van der Waals surface area contributed by atoms with Crippen LogP contribution >= 0.6 is 0 Å². The molecular formula is C14H23NO. The average Bonchev–Trinajstić information content (AvgIpc) is 2.26. The van der Waals surface area contributed by atoms with Gasteiger partial charge in [-0.1, -0.05) is 39.0 Å². The standard InChI is InChI=1S/C14H23NO/c1-3-4-5-6-7-8-10-15-11-9-14(16)12-13(15)2/h9,11-12H,3-8,10H2,1-2H3. The van der Waals surface area contributed by atoms with E-state index in [4.69, 9.17) is 0 Å². The van der Waals surface area contributed by atoms with Crippen molar-refractivity contribution in [1.82, 2.24) is 4.57 Å². The first-order valence-corrected chi connectivity index (χ1v) is 6.41. The Balaban J connectivity index is 2.24. The van der Waals surface area contributed by atoms with E-state index in [0.29, 0.717) is 0 Å². The maximum atomic E-state index is 11.1. The number of hydrogen-bond donors (Lipinski definition) is 0. The molecule has 0 spiro atoms. The summed E-state index contributed by atoms with van der Waals surface area (Å²) in [6, 6.07) is 3.35. The Morgan fingerprint density at radius 1 is 1.12 bits per heavy atom. The van der Waals surface area contributed by atoms with Crippen LogP contribution in [0.15, 0.2) is 23.1 Å². The first kappa shape index (κ1) is 13.0. The predicted octanol–water partition coefficient (Wildman–Crippen LogP) is 3.52. The van der Waals surface area contributed by atoms with E-state index in [-0.39, 0.29) is 5.43 Å². The molecule has 0 amide bonds. The molecular weight excluding hydrogens is 198 g/mol. The van der Waals surface area contributed by atoms with Gasteiger partial charge in [-0.05, 0) is 13.3 Å². The van der Waals surface area contributed by atoms with E-state index in [2.05, 4.69) is 11.5 Å². The molecule has 90 valence electrons. The van der Waals surface area contributed by atoms with Gasteiger partial charge in [0, 0.05) is 30.6 Å². The van der Waals surface area contributed by atoms with Crippen LogP contribution in [-0.4, -0.2) is 4.57 Å². The molecule has 1 aromatic rings. The summed E-state index contributed by atoms with van der Waals surface area (Å²) in [6.07, 6.45) is 9.78. The first-order chi connectivity index (χ1) is 7.74. The zero-order valence-corrected chi connectivity index (χ0v) is 10.5. The summed E-state index contributed by atoms with van der Waals surface area (Å²) in [6.45, 7) is 5.28. The van der Waals surface area contributed by atoms with Gasteiger partial charge in [-0.2, -0.15) is 0 Å². The molecule has 0 saturated carbocycles. The van der Waals surface area contributed by atoms with Crippen molar-refractivity contribution >= 4 is 0 Å². The molecule has 0 N–H and O–H groups in total. The number of unbranched alkanes of at least 4 members (excludes halogenated alkanes) is 5. The normalized spacial score (nSPS) is 10.6. The van der Waals surface area contributed by atoms with Gasteiger partial charge in [0.15, 0.2) is 5.43 Å². The highest BCUT2D eigenvalue weighted by Crippen LogP contribution is 2.06. The van der Waals surface area contributed by atoms with Crippen molar-refractivity contribution in [3.63, 3.8) is 0 Å². The van der Waals surface area contributed by atoms with Gasteiger partial charge in [-0.25, -0.2) is 0 Å². The van der Waals surface area contributed by atoms with Crippen molar-refractivity contribution in [2.75, 3.05) is 0 Å². The minimum absolute atomic E-state index is 0.108. The van der Waals surface area contributed by atoms with Gasteiger partial charge in [-0.15, -0.1) is 0 Å². The van der Waals surface area contributed by atoms with Crippen LogP contribution in [-0.2, 0) is 6.54 Å². The minimum atomic E-state index is 0.108. The molecule has 0 aliphatic rings. The molecule has 1 aromatic heterocycles. The van der Waals surface area contributed by atoms with E-state index < -0.39 is 0 Å². The molecule has 1 heterocycles. The third-order valence-corrected chi connectivity index (χ3v) is 2.98. The summed E-state index contributed by atoms with van der Waals surface area (Å²) in [5.41, 5.74) is 1.18. The molecule has 0 unspecified atom stereocenters. The molecule has 1 rings (SSSR count). The maximum absolute atomic E-state index is 11.1. The van der Waals surface area contributed by atoms with Gasteiger partial charge >= 0.3 is 0 Å². The summed E-state index contributed by atoms with van der Waals surface area (Å²) < 4.78 is 2.17. The summed E-state index contributed by atoms with van der Waals surface area (Å²) >= 11 is 0. The zero-order chi connectivity index (χ0) is 11.8. The van der Waals surface area contributed by atoms with E-state index in [9.17, 15) is 4.79 Å². The molecule has 2 heteroatoms. The lowest BCUT2D eigenvalue weighted by atomic mass is 10.1. The molecule has 0 fully saturated rings. The number of hydrogen-bond acceptors (Lipinski definition) is 1. The van der Waals surface area contributed by atoms with Crippen molar-refractivity contribution in [3.8, 4) is 0 Å². The Morgan fingerprint density at radius 2 is 1.81 bits per heavy atom. The SMILES string of the molecule is CCCCCCCCn1ccc(=O)cc1C. The predicted molar refractivity (Wildman–Crippen MR) is 68.8 cm³/mol. The van der Waals surface area contributed by atoms with Gasteiger partial charge in [0.05, 0.1) is 0 Å². The van der Waals surface area contributed by atoms with Crippen molar-refractivity contribution in [1.29, 1.82) is 0 Å². The van der Waals surface area contributed by atoms with Crippen LogP contribution in [0.5, 0.6) is 0 Å². The summed E-state index contributed by atoms with van der Waals surface area (Å²) in [7, 11) is 0. The van der Waals surface area contributed by atoms with Crippen LogP contribution in [0.3, 0.4) is 0 Å². The van der Waals surface area contributed by atoms with E-state index in [1.165, 1.54) is 38.5 Å². The Morgan fingerprint density at radius 3 is 2.50 bits per heavy atom. The Bertz CT molecular complexity index is 354. The number of rotatable bonds is 7. The lowest BCUT2D eigenvalue weighted by Gasteiger charge is -2.09. The highest BCUT2D eigenvalue weighted by Gasteiger charge is 1.96. The van der Waals surface area contributed by atoms with Crippen molar-refractivity contribution < 1.29 is 0 Å².